The van der Waals surface area contributed by atoms with Gasteiger partial charge in [0.05, 0.1) is 25.4 Å². The molecule has 7 heteroatoms. The molecule has 1 aromatic carbocycles. The number of aliphatic imine (C=N–C) groups is 1. The van der Waals surface area contributed by atoms with Gasteiger partial charge in [0.15, 0.2) is 11.1 Å². The Balaban J connectivity index is 1.65. The van der Waals surface area contributed by atoms with E-state index in [1.807, 2.05) is 12.1 Å². The molecular formula is C16H21N5OS. The van der Waals surface area contributed by atoms with Gasteiger partial charge in [0.2, 0.25) is 0 Å². The van der Waals surface area contributed by atoms with Gasteiger partial charge in [-0.2, -0.15) is 0 Å². The van der Waals surface area contributed by atoms with Crippen molar-refractivity contribution in [3.63, 3.8) is 0 Å². The van der Waals surface area contributed by atoms with Crippen molar-refractivity contribution >= 4 is 28.6 Å². The lowest BCUT2D eigenvalue weighted by Gasteiger charge is -2.26. The maximum atomic E-state index is 7.19. The number of nitrogens with two attached hydrogens (primary N) is 1. The Morgan fingerprint density at radius 2 is 2.26 bits per heavy atom. The average Bonchev–Trinajstić information content (AvgIpc) is 3.14. The molecule has 2 heterocycles. The number of guanidine groups is 1. The molecule has 23 heavy (non-hydrogen) atoms. The van der Waals surface area contributed by atoms with Crippen molar-refractivity contribution in [1.29, 1.82) is 5.41 Å². The summed E-state index contributed by atoms with van der Waals surface area (Å²) in [4.78, 5) is 6.98. The molecule has 0 saturated carbocycles. The first-order valence-electron chi connectivity index (χ1n) is 7.62. The van der Waals surface area contributed by atoms with E-state index in [0.29, 0.717) is 6.04 Å². The minimum Gasteiger partial charge on any atom is -0.497 e. The number of methoxy groups -OCH3 is 1. The summed E-state index contributed by atoms with van der Waals surface area (Å²) in [6, 6.07) is 8.51. The molecular weight excluding hydrogens is 310 g/mol. The monoisotopic (exact) mass is 331 g/mol. The number of nitrogens with zero attached hydrogens (tertiary/aromatic N) is 2. The molecule has 0 unspecified atom stereocenters. The third-order valence-electron chi connectivity index (χ3n) is 3.96. The van der Waals surface area contributed by atoms with Crippen molar-refractivity contribution < 1.29 is 4.74 Å². The molecule has 0 saturated heterocycles. The van der Waals surface area contributed by atoms with Crippen LogP contribution in [-0.4, -0.2) is 42.3 Å². The van der Waals surface area contributed by atoms with Crippen molar-refractivity contribution in [3.8, 4) is 5.75 Å². The summed E-state index contributed by atoms with van der Waals surface area (Å²) in [5.74, 6) is 0.895. The van der Waals surface area contributed by atoms with E-state index in [2.05, 4.69) is 32.7 Å². The van der Waals surface area contributed by atoms with Gasteiger partial charge in [-0.05, 0) is 42.7 Å². The van der Waals surface area contributed by atoms with Gasteiger partial charge in [-0.1, -0.05) is 11.8 Å². The highest BCUT2D eigenvalue weighted by molar-refractivity contribution is 8.16. The molecule has 0 aromatic heterocycles. The van der Waals surface area contributed by atoms with Gasteiger partial charge in [-0.15, -0.1) is 0 Å². The number of ether oxygens (including phenoxy) is 1. The summed E-state index contributed by atoms with van der Waals surface area (Å²) in [5.41, 5.74) is 7.70. The Kier molecular flexibility index (Phi) is 4.76. The molecule has 0 fully saturated rings. The minimum atomic E-state index is 0.0314. The SMILES string of the molecule is COc1ccc(C2=CSC3=NC[C@H](CCCNC(=N)N)N23)cc1. The number of hydrogen-bond acceptors (Lipinski definition) is 5. The Morgan fingerprint density at radius 1 is 1.48 bits per heavy atom. The minimum absolute atomic E-state index is 0.0314. The van der Waals surface area contributed by atoms with E-state index >= 15 is 0 Å². The van der Waals surface area contributed by atoms with Crippen molar-refractivity contribution in [2.75, 3.05) is 20.2 Å². The van der Waals surface area contributed by atoms with Crippen LogP contribution < -0.4 is 15.8 Å². The molecule has 1 atom stereocenters. The van der Waals surface area contributed by atoms with Crippen LogP contribution in [-0.2, 0) is 0 Å². The fraction of sp³-hybridized carbons (Fsp3) is 0.375. The number of thioether (sulfide) groups is 1. The van der Waals surface area contributed by atoms with Gasteiger partial charge in [0.1, 0.15) is 5.75 Å². The molecule has 0 spiro atoms. The van der Waals surface area contributed by atoms with Gasteiger partial charge in [0.25, 0.3) is 0 Å². The summed E-state index contributed by atoms with van der Waals surface area (Å²) in [7, 11) is 1.68. The van der Waals surface area contributed by atoms with Gasteiger partial charge < -0.3 is 20.7 Å². The fourth-order valence-corrected chi connectivity index (χ4v) is 3.78. The van der Waals surface area contributed by atoms with Crippen molar-refractivity contribution in [2.45, 2.75) is 18.9 Å². The molecule has 0 bridgehead atoms. The van der Waals surface area contributed by atoms with E-state index in [1.165, 1.54) is 11.3 Å². The Bertz CT molecular complexity index is 640. The summed E-state index contributed by atoms with van der Waals surface area (Å²) >= 11 is 1.69. The summed E-state index contributed by atoms with van der Waals surface area (Å²) in [6.07, 6.45) is 1.98. The van der Waals surface area contributed by atoms with Crippen LogP contribution in [0.1, 0.15) is 18.4 Å². The number of fused-ring (bicyclic) bond motifs is 1. The molecule has 0 radical (unpaired) electrons. The highest BCUT2D eigenvalue weighted by atomic mass is 32.2. The van der Waals surface area contributed by atoms with Crippen LogP contribution in [0.2, 0.25) is 0 Å². The fourth-order valence-electron chi connectivity index (χ4n) is 2.81. The average molecular weight is 331 g/mol. The highest BCUT2D eigenvalue weighted by Gasteiger charge is 2.34. The zero-order chi connectivity index (χ0) is 16.2. The third-order valence-corrected chi connectivity index (χ3v) is 4.84. The molecule has 2 aliphatic heterocycles. The molecule has 0 amide bonds. The molecule has 122 valence electrons. The molecule has 6 nitrogen and oxygen atoms in total. The zero-order valence-electron chi connectivity index (χ0n) is 13.1. The first-order valence-corrected chi connectivity index (χ1v) is 8.50. The second kappa shape index (κ2) is 6.95. The van der Waals surface area contributed by atoms with Gasteiger partial charge in [-0.3, -0.25) is 10.4 Å². The van der Waals surface area contributed by atoms with E-state index in [1.54, 1.807) is 18.9 Å². The Morgan fingerprint density at radius 3 is 2.96 bits per heavy atom. The number of benzene rings is 1. The van der Waals surface area contributed by atoms with Crippen molar-refractivity contribution in [1.82, 2.24) is 10.2 Å². The lowest BCUT2D eigenvalue weighted by molar-refractivity contribution is 0.414. The van der Waals surface area contributed by atoms with Crippen LogP contribution in [0.5, 0.6) is 5.75 Å². The molecule has 2 aliphatic rings. The van der Waals surface area contributed by atoms with E-state index in [-0.39, 0.29) is 5.96 Å². The van der Waals surface area contributed by atoms with E-state index < -0.39 is 0 Å². The van der Waals surface area contributed by atoms with Crippen LogP contribution in [0.25, 0.3) is 5.70 Å². The molecule has 0 aliphatic carbocycles. The van der Waals surface area contributed by atoms with Crippen LogP contribution in [0.4, 0.5) is 0 Å². The summed E-state index contributed by atoms with van der Waals surface area (Å²) < 4.78 is 5.23. The number of nitrogens with one attached hydrogen (secondary N) is 2. The lowest BCUT2D eigenvalue weighted by Crippen LogP contribution is -2.34. The van der Waals surface area contributed by atoms with Crippen molar-refractivity contribution in [2.24, 2.45) is 10.7 Å². The predicted octanol–water partition coefficient (Wildman–Crippen LogP) is 2.04. The lowest BCUT2D eigenvalue weighted by atomic mass is 10.1. The Labute approximate surface area is 140 Å². The second-order valence-electron chi connectivity index (χ2n) is 5.48. The van der Waals surface area contributed by atoms with Crippen LogP contribution in [0.15, 0.2) is 34.7 Å². The third kappa shape index (κ3) is 3.44. The predicted molar refractivity (Wildman–Crippen MR) is 95.6 cm³/mol. The summed E-state index contributed by atoms with van der Waals surface area (Å²) in [6.45, 7) is 1.56. The Hall–Kier alpha value is -2.15. The highest BCUT2D eigenvalue weighted by Crippen LogP contribution is 2.39. The first-order chi connectivity index (χ1) is 11.2. The normalized spacial score (nSPS) is 19.2. The van der Waals surface area contributed by atoms with E-state index in [9.17, 15) is 0 Å². The smallest absolute Gasteiger partial charge is 0.185 e. The second-order valence-corrected chi connectivity index (χ2v) is 6.32. The largest absolute Gasteiger partial charge is 0.497 e. The van der Waals surface area contributed by atoms with Gasteiger partial charge in [-0.25, -0.2) is 0 Å². The van der Waals surface area contributed by atoms with Gasteiger partial charge in [0, 0.05) is 12.0 Å². The molecule has 4 N–H and O–H groups in total. The maximum absolute atomic E-state index is 7.19. The quantitative estimate of drug-likeness (QED) is 0.422. The van der Waals surface area contributed by atoms with E-state index in [0.717, 1.165) is 36.8 Å². The number of hydrogen-bond donors (Lipinski definition) is 3. The number of rotatable bonds is 6. The maximum Gasteiger partial charge on any atom is 0.185 e. The van der Waals surface area contributed by atoms with Gasteiger partial charge >= 0.3 is 0 Å². The molecule has 1 aromatic rings. The van der Waals surface area contributed by atoms with Crippen LogP contribution in [0, 0.1) is 5.41 Å². The summed E-state index contributed by atoms with van der Waals surface area (Å²) in [5, 5.41) is 13.3. The standard InChI is InChI=1S/C16H21N5OS/c1-22-13-6-4-11(5-7-13)14-10-23-16-20-9-12(21(14)16)3-2-8-19-15(17)18/h4-7,10,12H,2-3,8-9H2,1H3,(H4,17,18,19)/t12-/m0/s1. The van der Waals surface area contributed by atoms with Crippen LogP contribution in [0.3, 0.4) is 0 Å². The van der Waals surface area contributed by atoms with E-state index in [4.69, 9.17) is 15.9 Å². The van der Waals surface area contributed by atoms with Crippen molar-refractivity contribution in [3.05, 3.63) is 35.2 Å². The number of amidine groups is 1. The molecule has 3 rings (SSSR count). The first kappa shape index (κ1) is 15.7. The topological polar surface area (TPSA) is 86.7 Å². The van der Waals surface area contributed by atoms with Crippen LogP contribution >= 0.6 is 11.8 Å². The zero-order valence-corrected chi connectivity index (χ0v) is 13.9.